The van der Waals surface area contributed by atoms with Gasteiger partial charge in [0, 0.05) is 38.1 Å². The van der Waals surface area contributed by atoms with Crippen molar-refractivity contribution in [1.29, 1.82) is 0 Å². The van der Waals surface area contributed by atoms with Crippen molar-refractivity contribution >= 4 is 17.3 Å². The lowest BCUT2D eigenvalue weighted by Gasteiger charge is -2.24. The highest BCUT2D eigenvalue weighted by atomic mass is 15.2. The summed E-state index contributed by atoms with van der Waals surface area (Å²) in [7, 11) is 4.11. The van der Waals surface area contributed by atoms with Crippen LogP contribution in [0.5, 0.6) is 0 Å². The summed E-state index contributed by atoms with van der Waals surface area (Å²) in [6.45, 7) is 5.66. The zero-order valence-electron chi connectivity index (χ0n) is 17.0. The lowest BCUT2D eigenvalue weighted by atomic mass is 9.94. The molecule has 5 heteroatoms. The van der Waals surface area contributed by atoms with Gasteiger partial charge < -0.3 is 21.3 Å². The lowest BCUT2D eigenvalue weighted by molar-refractivity contribution is 0.392. The highest BCUT2D eigenvalue weighted by molar-refractivity contribution is 5.94. The monoisotopic (exact) mass is 359 g/mol. The van der Waals surface area contributed by atoms with Crippen molar-refractivity contribution < 1.29 is 0 Å². The van der Waals surface area contributed by atoms with Gasteiger partial charge in [0.1, 0.15) is 0 Å². The van der Waals surface area contributed by atoms with Gasteiger partial charge in [-0.1, -0.05) is 39.5 Å². The molecule has 0 atom stereocenters. The first-order chi connectivity index (χ1) is 12.4. The van der Waals surface area contributed by atoms with Crippen molar-refractivity contribution in [1.82, 2.24) is 5.32 Å². The highest BCUT2D eigenvalue weighted by Gasteiger charge is 2.17. The van der Waals surface area contributed by atoms with Crippen LogP contribution in [-0.2, 0) is 0 Å². The molecule has 0 aromatic heterocycles. The maximum absolute atomic E-state index is 5.88. The van der Waals surface area contributed by atoms with E-state index in [4.69, 9.17) is 10.7 Å². The first kappa shape index (κ1) is 20.6. The van der Waals surface area contributed by atoms with E-state index in [0.29, 0.717) is 19.1 Å². The van der Waals surface area contributed by atoms with Crippen LogP contribution in [0.1, 0.15) is 52.4 Å². The Hall–Kier alpha value is -1.75. The van der Waals surface area contributed by atoms with Crippen molar-refractivity contribution in [3.8, 4) is 0 Å². The van der Waals surface area contributed by atoms with Crippen LogP contribution < -0.4 is 21.3 Å². The molecule has 0 spiro atoms. The summed E-state index contributed by atoms with van der Waals surface area (Å²) in [4.78, 5) is 6.95. The number of anilines is 2. The third-order valence-corrected chi connectivity index (χ3v) is 5.06. The Balaban J connectivity index is 2.09. The van der Waals surface area contributed by atoms with E-state index in [0.717, 1.165) is 11.6 Å². The van der Waals surface area contributed by atoms with Gasteiger partial charge in [-0.25, -0.2) is 0 Å². The van der Waals surface area contributed by atoms with E-state index < -0.39 is 0 Å². The standard InChI is InChI=1S/C21H37N5/c1-21(2,15-22)16-23-20(24-17-9-7-5-6-8-10-17)25-18-11-13-19(14-12-18)26(3)4/h11-14,17H,5-10,15-16,22H2,1-4H3,(H2,23,24,25). The third-order valence-electron chi connectivity index (χ3n) is 5.06. The van der Waals surface area contributed by atoms with Crippen LogP contribution in [0.25, 0.3) is 0 Å². The molecule has 146 valence electrons. The van der Waals surface area contributed by atoms with Gasteiger partial charge in [0.15, 0.2) is 5.96 Å². The fourth-order valence-corrected chi connectivity index (χ4v) is 3.08. The number of guanidine groups is 1. The van der Waals surface area contributed by atoms with Crippen molar-refractivity contribution in [2.75, 3.05) is 37.4 Å². The molecule has 1 aromatic carbocycles. The largest absolute Gasteiger partial charge is 0.378 e. The minimum atomic E-state index is 0.00679. The van der Waals surface area contributed by atoms with Gasteiger partial charge in [-0.2, -0.15) is 0 Å². The second-order valence-electron chi connectivity index (χ2n) is 8.43. The Bertz CT molecular complexity index is 554. The number of nitrogens with zero attached hydrogens (tertiary/aromatic N) is 2. The summed E-state index contributed by atoms with van der Waals surface area (Å²) in [6, 6.07) is 8.96. The quantitative estimate of drug-likeness (QED) is 0.410. The third kappa shape index (κ3) is 6.87. The molecule has 4 N–H and O–H groups in total. The summed E-state index contributed by atoms with van der Waals surface area (Å²) in [5.74, 6) is 0.871. The number of nitrogens with one attached hydrogen (secondary N) is 2. The average molecular weight is 360 g/mol. The predicted octanol–water partition coefficient (Wildman–Crippen LogP) is 3.82. The molecule has 1 fully saturated rings. The van der Waals surface area contributed by atoms with E-state index in [1.807, 2.05) is 0 Å². The molecule has 0 bridgehead atoms. The van der Waals surface area contributed by atoms with E-state index in [-0.39, 0.29) is 5.41 Å². The summed E-state index contributed by atoms with van der Waals surface area (Å²) in [5.41, 5.74) is 8.13. The van der Waals surface area contributed by atoms with Crippen LogP contribution in [0.2, 0.25) is 0 Å². The van der Waals surface area contributed by atoms with Crippen LogP contribution in [0.15, 0.2) is 29.3 Å². The molecule has 0 amide bonds. The predicted molar refractivity (Wildman–Crippen MR) is 114 cm³/mol. The zero-order chi connectivity index (χ0) is 19.0. The molecule has 0 unspecified atom stereocenters. The van der Waals surface area contributed by atoms with Crippen LogP contribution in [0.3, 0.4) is 0 Å². The van der Waals surface area contributed by atoms with E-state index in [9.17, 15) is 0 Å². The van der Waals surface area contributed by atoms with Gasteiger partial charge in [0.25, 0.3) is 0 Å². The topological polar surface area (TPSA) is 65.7 Å². The van der Waals surface area contributed by atoms with Crippen molar-refractivity contribution in [2.24, 2.45) is 16.1 Å². The number of hydrogen-bond acceptors (Lipinski definition) is 3. The van der Waals surface area contributed by atoms with E-state index in [1.54, 1.807) is 0 Å². The normalized spacial score (nSPS) is 16.9. The lowest BCUT2D eigenvalue weighted by Crippen LogP contribution is -2.40. The van der Waals surface area contributed by atoms with Crippen LogP contribution in [0, 0.1) is 5.41 Å². The van der Waals surface area contributed by atoms with Gasteiger partial charge >= 0.3 is 0 Å². The van der Waals surface area contributed by atoms with Gasteiger partial charge in [0.2, 0.25) is 0 Å². The molecule has 1 aliphatic rings. The summed E-state index contributed by atoms with van der Waals surface area (Å²) in [6.07, 6.45) is 7.75. The first-order valence-corrected chi connectivity index (χ1v) is 9.95. The molecule has 1 aliphatic carbocycles. The number of aliphatic imine (C=N–C) groups is 1. The average Bonchev–Trinajstić information content (AvgIpc) is 2.89. The van der Waals surface area contributed by atoms with Crippen LogP contribution >= 0.6 is 0 Å². The Labute approximate surface area is 159 Å². The molecule has 26 heavy (non-hydrogen) atoms. The number of rotatable bonds is 6. The Morgan fingerprint density at radius 3 is 2.27 bits per heavy atom. The number of benzene rings is 1. The molecular weight excluding hydrogens is 322 g/mol. The molecular formula is C21H37N5. The van der Waals surface area contributed by atoms with E-state index in [1.165, 1.54) is 44.2 Å². The molecule has 2 rings (SSSR count). The molecule has 0 heterocycles. The fraction of sp³-hybridized carbons (Fsp3) is 0.667. The van der Waals surface area contributed by atoms with Gasteiger partial charge in [-0.15, -0.1) is 0 Å². The Morgan fingerprint density at radius 2 is 1.73 bits per heavy atom. The summed E-state index contributed by atoms with van der Waals surface area (Å²) >= 11 is 0. The van der Waals surface area contributed by atoms with Crippen LogP contribution in [-0.4, -0.2) is 39.2 Å². The van der Waals surface area contributed by atoms with Crippen molar-refractivity contribution in [3.63, 3.8) is 0 Å². The maximum atomic E-state index is 5.88. The number of nitrogens with two attached hydrogens (primary N) is 1. The molecule has 0 aliphatic heterocycles. The maximum Gasteiger partial charge on any atom is 0.196 e. The van der Waals surface area contributed by atoms with Gasteiger partial charge in [-0.05, 0) is 49.1 Å². The second-order valence-corrected chi connectivity index (χ2v) is 8.43. The molecule has 5 nitrogen and oxygen atoms in total. The van der Waals surface area contributed by atoms with Crippen molar-refractivity contribution in [2.45, 2.75) is 58.4 Å². The fourth-order valence-electron chi connectivity index (χ4n) is 3.08. The highest BCUT2D eigenvalue weighted by Crippen LogP contribution is 2.19. The molecule has 0 saturated heterocycles. The minimum Gasteiger partial charge on any atom is -0.378 e. The van der Waals surface area contributed by atoms with E-state index in [2.05, 4.69) is 67.7 Å². The SMILES string of the molecule is CN(C)c1ccc(NC(=NCC(C)(C)CN)NC2CCCCCC2)cc1. The molecule has 0 radical (unpaired) electrons. The Kier molecular flexibility index (Phi) is 7.76. The van der Waals surface area contributed by atoms with Gasteiger partial charge in [0.05, 0.1) is 0 Å². The zero-order valence-corrected chi connectivity index (χ0v) is 17.0. The number of hydrogen-bond donors (Lipinski definition) is 3. The minimum absolute atomic E-state index is 0.00679. The Morgan fingerprint density at radius 1 is 1.12 bits per heavy atom. The van der Waals surface area contributed by atoms with Gasteiger partial charge in [-0.3, -0.25) is 4.99 Å². The van der Waals surface area contributed by atoms with Crippen molar-refractivity contribution in [3.05, 3.63) is 24.3 Å². The summed E-state index contributed by atoms with van der Waals surface area (Å²) in [5, 5.41) is 7.16. The first-order valence-electron chi connectivity index (χ1n) is 9.95. The summed E-state index contributed by atoms with van der Waals surface area (Å²) < 4.78 is 0. The second kappa shape index (κ2) is 9.81. The molecule has 1 saturated carbocycles. The van der Waals surface area contributed by atoms with E-state index >= 15 is 0 Å². The smallest absolute Gasteiger partial charge is 0.196 e. The van der Waals surface area contributed by atoms with Crippen LogP contribution in [0.4, 0.5) is 11.4 Å². The molecule has 1 aromatic rings.